The Bertz CT molecular complexity index is 285. The molecular formula is C13H24O2S3. The van der Waals surface area contributed by atoms with E-state index < -0.39 is 4.93 Å². The first-order chi connectivity index (χ1) is 8.39. The van der Waals surface area contributed by atoms with Crippen LogP contribution >= 0.6 is 37.9 Å². The molecule has 0 radical (unpaired) electrons. The second kappa shape index (κ2) is 7.34. The van der Waals surface area contributed by atoms with Crippen LogP contribution in [0.4, 0.5) is 0 Å². The van der Waals surface area contributed by atoms with Crippen LogP contribution in [-0.2, 0) is 9.53 Å². The monoisotopic (exact) mass is 308 g/mol. The third kappa shape index (κ3) is 4.57. The van der Waals surface area contributed by atoms with Crippen molar-refractivity contribution in [2.24, 2.45) is 5.92 Å². The summed E-state index contributed by atoms with van der Waals surface area (Å²) < 4.78 is 5.56. The van der Waals surface area contributed by atoms with Crippen molar-refractivity contribution in [1.82, 2.24) is 0 Å². The second-order valence-electron chi connectivity index (χ2n) is 5.28. The Kier molecular flexibility index (Phi) is 6.76. The van der Waals surface area contributed by atoms with Crippen molar-refractivity contribution in [2.75, 3.05) is 0 Å². The smallest absolute Gasteiger partial charge is 0.307 e. The highest BCUT2D eigenvalue weighted by atomic mass is 32.1. The van der Waals surface area contributed by atoms with Gasteiger partial charge in [-0.05, 0) is 31.6 Å². The number of carbonyl (C=O) groups is 1. The van der Waals surface area contributed by atoms with Gasteiger partial charge >= 0.3 is 5.97 Å². The lowest BCUT2D eigenvalue weighted by atomic mass is 9.95. The van der Waals surface area contributed by atoms with Crippen LogP contribution in [0.25, 0.3) is 0 Å². The lowest BCUT2D eigenvalue weighted by Gasteiger charge is -2.40. The van der Waals surface area contributed by atoms with Gasteiger partial charge in [-0.2, -0.15) is 25.3 Å². The molecule has 0 N–H and O–H groups in total. The molecule has 0 aliphatic heterocycles. The van der Waals surface area contributed by atoms with E-state index in [0.717, 1.165) is 32.1 Å². The topological polar surface area (TPSA) is 26.3 Å². The SMILES string of the molecule is CCC(C)CCC(=O)OC1(S)CCCC(S)C1S. The average Bonchev–Trinajstić information content (AvgIpc) is 2.33. The van der Waals surface area contributed by atoms with Crippen molar-refractivity contribution in [3.8, 4) is 0 Å². The molecule has 0 aromatic heterocycles. The first kappa shape index (κ1) is 16.6. The molecule has 1 rings (SSSR count). The van der Waals surface area contributed by atoms with Crippen molar-refractivity contribution in [3.05, 3.63) is 0 Å². The number of rotatable bonds is 5. The molecule has 0 heterocycles. The molecule has 0 aromatic rings. The summed E-state index contributed by atoms with van der Waals surface area (Å²) in [6.07, 6.45) is 5.18. The van der Waals surface area contributed by atoms with E-state index in [1.807, 2.05) is 0 Å². The molecule has 1 saturated carbocycles. The normalized spacial score (nSPS) is 34.1. The van der Waals surface area contributed by atoms with E-state index >= 15 is 0 Å². The van der Waals surface area contributed by atoms with Gasteiger partial charge in [0.25, 0.3) is 0 Å². The summed E-state index contributed by atoms with van der Waals surface area (Å²) in [5.74, 6) is 0.399. The van der Waals surface area contributed by atoms with Gasteiger partial charge in [-0.3, -0.25) is 4.79 Å². The molecule has 0 spiro atoms. The molecule has 1 aliphatic carbocycles. The van der Waals surface area contributed by atoms with E-state index in [1.165, 1.54) is 0 Å². The van der Waals surface area contributed by atoms with Gasteiger partial charge in [0.1, 0.15) is 0 Å². The molecule has 0 saturated heterocycles. The maximum absolute atomic E-state index is 11.9. The van der Waals surface area contributed by atoms with Gasteiger partial charge in [-0.15, -0.1) is 12.6 Å². The fourth-order valence-corrected chi connectivity index (χ4v) is 3.41. The first-order valence-corrected chi connectivity index (χ1v) is 8.17. The number of hydrogen-bond acceptors (Lipinski definition) is 5. The van der Waals surface area contributed by atoms with Crippen LogP contribution in [-0.4, -0.2) is 21.4 Å². The third-order valence-corrected chi connectivity index (χ3v) is 6.06. The predicted molar refractivity (Wildman–Crippen MR) is 85.9 cm³/mol. The van der Waals surface area contributed by atoms with E-state index in [1.54, 1.807) is 0 Å². The second-order valence-corrected chi connectivity index (χ2v) is 7.25. The average molecular weight is 309 g/mol. The van der Waals surface area contributed by atoms with E-state index in [-0.39, 0.29) is 16.5 Å². The standard InChI is InChI=1S/C13H24O2S3/c1-3-9(2)6-7-11(14)15-13(18)8-4-5-10(16)12(13)17/h9-10,12,16-18H,3-8H2,1-2H3. The van der Waals surface area contributed by atoms with Crippen LogP contribution in [0.15, 0.2) is 0 Å². The van der Waals surface area contributed by atoms with Crippen molar-refractivity contribution in [3.63, 3.8) is 0 Å². The van der Waals surface area contributed by atoms with Gasteiger partial charge in [0.2, 0.25) is 0 Å². The first-order valence-electron chi connectivity index (χ1n) is 6.69. The number of carbonyl (C=O) groups excluding carboxylic acids is 1. The van der Waals surface area contributed by atoms with Crippen LogP contribution in [0.5, 0.6) is 0 Å². The molecular weight excluding hydrogens is 284 g/mol. The lowest BCUT2D eigenvalue weighted by Crippen LogP contribution is -2.46. The maximum Gasteiger partial charge on any atom is 0.307 e. The molecule has 106 valence electrons. The Labute approximate surface area is 127 Å². The molecule has 0 amide bonds. The van der Waals surface area contributed by atoms with Gasteiger partial charge in [0, 0.05) is 11.7 Å². The Balaban J connectivity index is 2.46. The van der Waals surface area contributed by atoms with E-state index in [0.29, 0.717) is 12.3 Å². The minimum Gasteiger partial charge on any atom is -0.447 e. The number of hydrogen-bond donors (Lipinski definition) is 3. The van der Waals surface area contributed by atoms with Gasteiger partial charge in [0.15, 0.2) is 4.93 Å². The zero-order valence-electron chi connectivity index (χ0n) is 11.1. The Morgan fingerprint density at radius 3 is 2.78 bits per heavy atom. The van der Waals surface area contributed by atoms with E-state index in [9.17, 15) is 4.79 Å². The summed E-state index contributed by atoms with van der Waals surface area (Å²) in [7, 11) is 0. The molecule has 5 heteroatoms. The molecule has 4 unspecified atom stereocenters. The molecule has 0 bridgehead atoms. The largest absolute Gasteiger partial charge is 0.447 e. The van der Waals surface area contributed by atoms with Crippen LogP contribution in [0, 0.1) is 5.92 Å². The fourth-order valence-electron chi connectivity index (χ4n) is 2.10. The van der Waals surface area contributed by atoms with Gasteiger partial charge < -0.3 is 4.74 Å². The lowest BCUT2D eigenvalue weighted by molar-refractivity contribution is -0.153. The molecule has 18 heavy (non-hydrogen) atoms. The molecule has 0 aromatic carbocycles. The number of ether oxygens (including phenoxy) is 1. The zero-order valence-corrected chi connectivity index (χ0v) is 13.8. The van der Waals surface area contributed by atoms with Crippen molar-refractivity contribution in [2.45, 2.75) is 67.8 Å². The number of esters is 1. The fraction of sp³-hybridized carbons (Fsp3) is 0.923. The van der Waals surface area contributed by atoms with Crippen molar-refractivity contribution >= 4 is 43.9 Å². The highest BCUT2D eigenvalue weighted by Gasteiger charge is 2.43. The minimum absolute atomic E-state index is 0.106. The van der Waals surface area contributed by atoms with Crippen molar-refractivity contribution < 1.29 is 9.53 Å². The highest BCUT2D eigenvalue weighted by molar-refractivity contribution is 7.87. The van der Waals surface area contributed by atoms with Crippen molar-refractivity contribution in [1.29, 1.82) is 0 Å². The van der Waals surface area contributed by atoms with Gasteiger partial charge in [-0.25, -0.2) is 0 Å². The highest BCUT2D eigenvalue weighted by Crippen LogP contribution is 2.40. The molecule has 1 aliphatic rings. The van der Waals surface area contributed by atoms with Crippen LogP contribution in [0.2, 0.25) is 0 Å². The predicted octanol–water partition coefficient (Wildman–Crippen LogP) is 3.76. The number of thiol groups is 3. The Morgan fingerprint density at radius 2 is 2.17 bits per heavy atom. The summed E-state index contributed by atoms with van der Waals surface area (Å²) in [4.78, 5) is 11.1. The van der Waals surface area contributed by atoms with Crippen LogP contribution < -0.4 is 0 Å². The quantitative estimate of drug-likeness (QED) is 0.410. The summed E-state index contributed by atoms with van der Waals surface area (Å²) >= 11 is 13.5. The molecule has 2 nitrogen and oxygen atoms in total. The van der Waals surface area contributed by atoms with Crippen LogP contribution in [0.3, 0.4) is 0 Å². The molecule has 4 atom stereocenters. The summed E-state index contributed by atoms with van der Waals surface area (Å²) in [5, 5.41) is 0.0346. The van der Waals surface area contributed by atoms with Gasteiger partial charge in [0.05, 0.1) is 5.25 Å². The minimum atomic E-state index is -0.750. The van der Waals surface area contributed by atoms with E-state index in [2.05, 4.69) is 51.7 Å². The van der Waals surface area contributed by atoms with Crippen LogP contribution in [0.1, 0.15) is 52.4 Å². The maximum atomic E-state index is 11.9. The zero-order chi connectivity index (χ0) is 13.8. The summed E-state index contributed by atoms with van der Waals surface area (Å²) in [6.45, 7) is 4.28. The molecule has 1 fully saturated rings. The summed E-state index contributed by atoms with van der Waals surface area (Å²) in [6, 6.07) is 0. The van der Waals surface area contributed by atoms with E-state index in [4.69, 9.17) is 4.74 Å². The summed E-state index contributed by atoms with van der Waals surface area (Å²) in [5.41, 5.74) is 0. The van der Waals surface area contributed by atoms with Gasteiger partial charge in [-0.1, -0.05) is 20.3 Å². The Hall–Kier alpha value is 0.520. The third-order valence-electron chi connectivity index (χ3n) is 3.69. The Morgan fingerprint density at radius 1 is 1.50 bits per heavy atom.